The molecule has 4 aromatic rings. The standard InChI is InChI=1S/C48H60N6O11/c1-24-12-11-13-25(2)47(61)51-38-39-37(50-33-22-31(14-16-54(33)39)23-49-53-19-17-52(9)18-20-53)34-35(43(38)59)42(58)29(6)45-36(34)46(60)48(8,65-45)63-21-15-32(62-10)26(3)44(64-30(7)55)28(5)41(57)27(4)40(24)56/h11-16,21-24,26-28,32,40-41,44,49-50,56-57,59H,17-20H2,1-10H3/b12-11+,21-15+,25-13-,31-23+,51-38?/t24-,26+,27+,28+,32-,40-,41+,44+,48-/m0/s1. The number of fused-ring (bicyclic) bond motifs is 2. The average molecular weight is 897 g/mol. The van der Waals surface area contributed by atoms with E-state index in [1.807, 2.05) is 18.3 Å². The number of hydrogen-bond acceptors (Lipinski definition) is 14. The van der Waals surface area contributed by atoms with Gasteiger partial charge in [-0.25, -0.2) is 10.0 Å². The summed E-state index contributed by atoms with van der Waals surface area (Å²) in [5, 5.41) is 37.7. The number of allylic oxidation sites excluding steroid dienone is 2. The number of esters is 1. The molecule has 1 fully saturated rings. The lowest BCUT2D eigenvalue weighted by Gasteiger charge is -2.38. The number of phenolic OH excluding ortho intramolecular Hbond substituents is 1. The molecular formula is C48H60N6O11. The summed E-state index contributed by atoms with van der Waals surface area (Å²) in [6.45, 7) is 16.2. The first-order chi connectivity index (χ1) is 30.8. The number of aromatic amines is 1. The molecule has 0 unspecified atom stereocenters. The zero-order valence-corrected chi connectivity index (χ0v) is 38.5. The molecule has 5 N–H and O–H groups in total. The Bertz CT molecular complexity index is 2820. The smallest absolute Gasteiger partial charge is 0.312 e. The van der Waals surface area contributed by atoms with E-state index in [0.717, 1.165) is 31.4 Å². The van der Waals surface area contributed by atoms with Crippen molar-refractivity contribution >= 4 is 51.3 Å². The third-order valence-corrected chi connectivity index (χ3v) is 13.3. The molecule has 0 saturated carbocycles. The predicted molar refractivity (Wildman–Crippen MR) is 243 cm³/mol. The van der Waals surface area contributed by atoms with E-state index in [0.29, 0.717) is 5.65 Å². The monoisotopic (exact) mass is 896 g/mol. The van der Waals surface area contributed by atoms with Gasteiger partial charge < -0.3 is 49.6 Å². The second-order valence-corrected chi connectivity index (χ2v) is 17.9. The maximum Gasteiger partial charge on any atom is 0.312 e. The van der Waals surface area contributed by atoms with E-state index in [4.69, 9.17) is 18.9 Å². The van der Waals surface area contributed by atoms with Crippen molar-refractivity contribution in [2.24, 2.45) is 28.7 Å². The molecule has 0 radical (unpaired) electrons. The van der Waals surface area contributed by atoms with Gasteiger partial charge in [-0.05, 0) is 44.3 Å². The molecule has 5 heterocycles. The van der Waals surface area contributed by atoms with Crippen molar-refractivity contribution < 1.29 is 48.7 Å². The van der Waals surface area contributed by atoms with Crippen LogP contribution >= 0.6 is 0 Å². The summed E-state index contributed by atoms with van der Waals surface area (Å²) in [5.41, 5.74) is 3.87. The molecule has 3 aliphatic heterocycles. The van der Waals surface area contributed by atoms with Gasteiger partial charge in [-0.15, -0.1) is 0 Å². The van der Waals surface area contributed by atoms with Gasteiger partial charge in [0.25, 0.3) is 11.7 Å². The predicted octanol–water partition coefficient (Wildman–Crippen LogP) is 3.13. The molecule has 17 nitrogen and oxygen atoms in total. The number of nitrogens with zero attached hydrogens (tertiary/aromatic N) is 4. The number of benzene rings is 2. The molecule has 3 aliphatic rings. The molecule has 0 aliphatic carbocycles. The zero-order valence-electron chi connectivity index (χ0n) is 38.5. The maximum absolute atomic E-state index is 14.8. The largest absolute Gasteiger partial charge is 0.505 e. The van der Waals surface area contributed by atoms with Gasteiger partial charge in [0.15, 0.2) is 11.2 Å². The van der Waals surface area contributed by atoms with Crippen LogP contribution in [-0.2, 0) is 23.8 Å². The molecule has 17 heteroatoms. The van der Waals surface area contributed by atoms with Crippen LogP contribution in [0.4, 0.5) is 0 Å². The fourth-order valence-corrected chi connectivity index (χ4v) is 9.14. The third-order valence-electron chi connectivity index (χ3n) is 13.3. The minimum atomic E-state index is -2.01. The van der Waals surface area contributed by atoms with Crippen molar-refractivity contribution in [3.63, 3.8) is 0 Å². The third kappa shape index (κ3) is 8.82. The van der Waals surface area contributed by atoms with Crippen LogP contribution in [0.15, 0.2) is 64.3 Å². The highest BCUT2D eigenvalue weighted by Gasteiger charge is 2.49. The lowest BCUT2D eigenvalue weighted by atomic mass is 9.78. The summed E-state index contributed by atoms with van der Waals surface area (Å²) in [6, 6.07) is 3.69. The van der Waals surface area contributed by atoms with Crippen molar-refractivity contribution in [3.8, 4) is 11.5 Å². The normalized spacial score (nSPS) is 30.8. The van der Waals surface area contributed by atoms with Gasteiger partial charge in [0.2, 0.25) is 0 Å². The first-order valence-corrected chi connectivity index (χ1v) is 22.0. The van der Waals surface area contributed by atoms with Crippen LogP contribution in [0.5, 0.6) is 11.5 Å². The molecule has 7 rings (SSSR count). The highest BCUT2D eigenvalue weighted by Crippen LogP contribution is 2.44. The van der Waals surface area contributed by atoms with E-state index in [1.54, 1.807) is 57.4 Å². The van der Waals surface area contributed by atoms with Crippen LogP contribution < -0.4 is 26.2 Å². The number of aromatic hydroxyl groups is 1. The van der Waals surface area contributed by atoms with Crippen molar-refractivity contribution in [3.05, 3.63) is 86.4 Å². The van der Waals surface area contributed by atoms with Gasteiger partial charge >= 0.3 is 11.8 Å². The summed E-state index contributed by atoms with van der Waals surface area (Å²) in [6.07, 6.45) is 7.35. The second-order valence-electron chi connectivity index (χ2n) is 17.9. The number of amides is 1. The van der Waals surface area contributed by atoms with Crippen molar-refractivity contribution in [1.29, 1.82) is 0 Å². The molecule has 348 valence electrons. The van der Waals surface area contributed by atoms with Gasteiger partial charge in [-0.2, -0.15) is 0 Å². The minimum Gasteiger partial charge on any atom is -0.505 e. The number of piperazine rings is 1. The van der Waals surface area contributed by atoms with Gasteiger partial charge in [-0.3, -0.25) is 23.6 Å². The summed E-state index contributed by atoms with van der Waals surface area (Å²) in [4.78, 5) is 65.6. The van der Waals surface area contributed by atoms with Crippen molar-refractivity contribution in [1.82, 2.24) is 24.7 Å². The average Bonchev–Trinajstić information content (AvgIpc) is 3.78. The molecule has 1 saturated heterocycles. The molecule has 9 atom stereocenters. The van der Waals surface area contributed by atoms with E-state index in [2.05, 4.69) is 32.4 Å². The van der Waals surface area contributed by atoms with Crippen molar-refractivity contribution in [2.75, 3.05) is 40.3 Å². The highest BCUT2D eigenvalue weighted by atomic mass is 16.7. The lowest BCUT2D eigenvalue weighted by molar-refractivity contribution is -0.160. The van der Waals surface area contributed by atoms with Crippen molar-refractivity contribution in [2.45, 2.75) is 85.6 Å². The van der Waals surface area contributed by atoms with E-state index in [-0.39, 0.29) is 49.6 Å². The Labute approximate surface area is 376 Å². The number of Topliss-reactive ketones (excluding diaryl/α,β-unsaturated/α-hetero) is 1. The Morgan fingerprint density at radius 2 is 1.72 bits per heavy atom. The van der Waals surface area contributed by atoms with Crippen LogP contribution in [-0.4, -0.2) is 123 Å². The van der Waals surface area contributed by atoms with E-state index < -0.39 is 82.7 Å². The quantitative estimate of drug-likeness (QED) is 0.186. The van der Waals surface area contributed by atoms with E-state index >= 15 is 0 Å². The highest BCUT2D eigenvalue weighted by molar-refractivity contribution is 6.23. The van der Waals surface area contributed by atoms with Gasteiger partial charge in [0.05, 0.1) is 41.0 Å². The minimum absolute atomic E-state index is 0.0163. The Balaban J connectivity index is 1.45. The number of ether oxygens (including phenoxy) is 4. The fourth-order valence-electron chi connectivity index (χ4n) is 9.14. The van der Waals surface area contributed by atoms with Crippen LogP contribution in [0.1, 0.15) is 64.4 Å². The number of imidazole rings is 1. The summed E-state index contributed by atoms with van der Waals surface area (Å²) in [5.74, 6) is -7.05. The number of aromatic nitrogens is 2. The topological polar surface area (TPSA) is 217 Å². The number of nitrogens with one attached hydrogen (secondary N) is 2. The number of methoxy groups -OCH3 is 1. The summed E-state index contributed by atoms with van der Waals surface area (Å²) in [7, 11) is 3.54. The first-order valence-electron chi connectivity index (χ1n) is 22.0. The molecule has 0 spiro atoms. The maximum atomic E-state index is 14.8. The van der Waals surface area contributed by atoms with E-state index in [9.17, 15) is 34.5 Å². The number of ketones is 1. The summed E-state index contributed by atoms with van der Waals surface area (Å²) < 4.78 is 25.7. The number of likely N-dealkylation sites (N-methyl/N-ethyl adjacent to an activating group) is 1. The number of pyridine rings is 1. The van der Waals surface area contributed by atoms with Crippen LogP contribution in [0, 0.1) is 30.6 Å². The number of carbonyl (C=O) groups is 3. The van der Waals surface area contributed by atoms with Gasteiger partial charge in [0, 0.05) is 99.7 Å². The molecule has 4 bridgehead atoms. The van der Waals surface area contributed by atoms with E-state index in [1.165, 1.54) is 46.3 Å². The first kappa shape index (κ1) is 47.1. The SMILES string of the molecule is CO[C@H]1/C=C/O[C@@]2(C)Oc3c(C)c(=O)c4c(O)c(c5c([nH]c6c/c(=C/NN7CCN(C)CC7)ccn65)c4c3C2=O)=NC(=O)/C(C)=C\C=C\[C@H](C)[C@H](O)[C@@H](C)[C@@H](O)[C@@H](C)[C@H](OC(C)=O)[C@@H]1C. The number of aliphatic hydroxyl groups excluding tert-OH is 2. The van der Waals surface area contributed by atoms with Gasteiger partial charge in [0.1, 0.15) is 28.4 Å². The molecule has 1 amide bonds. The van der Waals surface area contributed by atoms with Crippen LogP contribution in [0.25, 0.3) is 33.7 Å². The Hall–Kier alpha value is -5.85. The Kier molecular flexibility index (Phi) is 13.5. The number of carbonyl (C=O) groups excluding carboxylic acids is 3. The molecule has 2 aromatic heterocycles. The van der Waals surface area contributed by atoms with Crippen LogP contribution in [0.2, 0.25) is 0 Å². The molecular weight excluding hydrogens is 837 g/mol. The fraction of sp³-hybridized carbons (Fsp3) is 0.479. The van der Waals surface area contributed by atoms with Gasteiger partial charge in [-0.1, -0.05) is 45.9 Å². The van der Waals surface area contributed by atoms with Crippen LogP contribution in [0.3, 0.4) is 0 Å². The zero-order chi connectivity index (χ0) is 47.2. The second kappa shape index (κ2) is 18.6. The summed E-state index contributed by atoms with van der Waals surface area (Å²) >= 11 is 0. The molecule has 65 heavy (non-hydrogen) atoms. The number of rotatable bonds is 4. The number of phenols is 1. The Morgan fingerprint density at radius 3 is 2.40 bits per heavy atom. The Morgan fingerprint density at radius 1 is 1.02 bits per heavy atom. The number of hydrogen-bond donors (Lipinski definition) is 5. The molecule has 2 aromatic carbocycles. The number of hydrazine groups is 1. The number of aliphatic hydroxyl groups is 2. The number of H-pyrrole nitrogens is 1. The lowest BCUT2D eigenvalue weighted by Crippen LogP contribution is -2.49.